The van der Waals surface area contributed by atoms with Crippen molar-refractivity contribution < 1.29 is 18.8 Å². The molecule has 100 valence electrons. The Kier molecular flexibility index (Phi) is 4.33. The van der Waals surface area contributed by atoms with Crippen LogP contribution in [0, 0.1) is 10.1 Å². The van der Waals surface area contributed by atoms with Crippen molar-refractivity contribution in [2.45, 2.75) is 44.7 Å². The number of hydrogen-bond acceptors (Lipinski definition) is 5. The Bertz CT molecular complexity index is 378. The van der Waals surface area contributed by atoms with Crippen molar-refractivity contribution in [2.75, 3.05) is 6.54 Å². The number of hydrogen-bond donors (Lipinski definition) is 0. The second-order valence-corrected chi connectivity index (χ2v) is 4.46. The van der Waals surface area contributed by atoms with Crippen molar-refractivity contribution in [3.63, 3.8) is 0 Å². The first-order chi connectivity index (χ1) is 8.65. The van der Waals surface area contributed by atoms with Crippen molar-refractivity contribution in [2.24, 2.45) is 0 Å². The molecule has 0 aliphatic carbocycles. The molecule has 0 amide bonds. The van der Waals surface area contributed by atoms with Crippen LogP contribution in [0.25, 0.3) is 0 Å². The average Bonchev–Trinajstić information content (AvgIpc) is 2.80. The summed E-state index contributed by atoms with van der Waals surface area (Å²) in [7, 11) is 0. The molecular weight excluding hydrogens is 238 g/mol. The van der Waals surface area contributed by atoms with Crippen molar-refractivity contribution in [3.8, 4) is 0 Å². The van der Waals surface area contributed by atoms with Gasteiger partial charge in [-0.05, 0) is 38.3 Å². The summed E-state index contributed by atoms with van der Waals surface area (Å²) in [6, 6.07) is 3.37. The van der Waals surface area contributed by atoms with Crippen LogP contribution in [-0.4, -0.2) is 23.9 Å². The van der Waals surface area contributed by atoms with Gasteiger partial charge in [0.1, 0.15) is 5.76 Å². The third-order valence-electron chi connectivity index (χ3n) is 2.93. The molecule has 1 aromatic rings. The molecule has 0 N–H and O–H groups in total. The van der Waals surface area contributed by atoms with Crippen LogP contribution < -0.4 is 0 Å². The fraction of sp³-hybridized carbons (Fsp3) is 0.667. The molecule has 3 atom stereocenters. The van der Waals surface area contributed by atoms with E-state index < -0.39 is 11.0 Å². The lowest BCUT2D eigenvalue weighted by Crippen LogP contribution is -2.30. The molecule has 6 nitrogen and oxygen atoms in total. The van der Waals surface area contributed by atoms with Crippen LogP contribution in [0.1, 0.15) is 38.1 Å². The summed E-state index contributed by atoms with van der Waals surface area (Å²) >= 11 is 0. The number of nitrogens with zero attached hydrogens (tertiary/aromatic N) is 1. The zero-order valence-electron chi connectivity index (χ0n) is 10.3. The van der Waals surface area contributed by atoms with Gasteiger partial charge in [-0.25, -0.2) is 0 Å². The van der Waals surface area contributed by atoms with E-state index in [0.717, 1.165) is 19.3 Å². The Labute approximate surface area is 105 Å². The summed E-state index contributed by atoms with van der Waals surface area (Å²) in [5.41, 5.74) is 0. The average molecular weight is 255 g/mol. The molecular formula is C12H17NO5. The lowest BCUT2D eigenvalue weighted by molar-refractivity contribution is -0.496. The van der Waals surface area contributed by atoms with Gasteiger partial charge in [0, 0.05) is 4.92 Å². The number of furan rings is 1. The summed E-state index contributed by atoms with van der Waals surface area (Å²) in [6.07, 6.45) is 3.32. The highest BCUT2D eigenvalue weighted by atomic mass is 16.7. The molecule has 2 rings (SSSR count). The Morgan fingerprint density at radius 1 is 1.61 bits per heavy atom. The smallest absolute Gasteiger partial charge is 0.237 e. The molecule has 1 aromatic heterocycles. The van der Waals surface area contributed by atoms with E-state index in [1.807, 2.05) is 6.92 Å². The van der Waals surface area contributed by atoms with E-state index in [4.69, 9.17) is 13.9 Å². The molecule has 0 saturated carbocycles. The van der Waals surface area contributed by atoms with E-state index in [-0.39, 0.29) is 18.9 Å². The first-order valence-electron chi connectivity index (χ1n) is 6.11. The van der Waals surface area contributed by atoms with Gasteiger partial charge in [-0.15, -0.1) is 0 Å². The van der Waals surface area contributed by atoms with Crippen molar-refractivity contribution in [3.05, 3.63) is 34.3 Å². The Morgan fingerprint density at radius 2 is 2.44 bits per heavy atom. The minimum atomic E-state index is -0.690. The molecule has 6 heteroatoms. The van der Waals surface area contributed by atoms with Gasteiger partial charge in [-0.2, -0.15) is 0 Å². The lowest BCUT2D eigenvalue weighted by Gasteiger charge is -2.29. The number of ether oxygens (including phenoxy) is 2. The van der Waals surface area contributed by atoms with Gasteiger partial charge in [0.2, 0.25) is 6.54 Å². The molecule has 2 heterocycles. The highest BCUT2D eigenvalue weighted by Gasteiger charge is 2.28. The van der Waals surface area contributed by atoms with Gasteiger partial charge >= 0.3 is 0 Å². The quantitative estimate of drug-likeness (QED) is 0.597. The predicted molar refractivity (Wildman–Crippen MR) is 62.6 cm³/mol. The number of nitro groups is 1. The lowest BCUT2D eigenvalue weighted by atomic mass is 10.1. The minimum absolute atomic E-state index is 0.136. The van der Waals surface area contributed by atoms with E-state index in [2.05, 4.69) is 0 Å². The molecule has 0 aromatic carbocycles. The number of rotatable bonds is 5. The minimum Gasteiger partial charge on any atom is -0.466 e. The summed E-state index contributed by atoms with van der Waals surface area (Å²) < 4.78 is 16.4. The fourth-order valence-electron chi connectivity index (χ4n) is 2.06. The van der Waals surface area contributed by atoms with Crippen molar-refractivity contribution in [1.82, 2.24) is 0 Å². The van der Waals surface area contributed by atoms with Gasteiger partial charge in [-0.3, -0.25) is 10.1 Å². The molecule has 0 bridgehead atoms. The monoisotopic (exact) mass is 255 g/mol. The maximum atomic E-state index is 10.7. The first-order valence-corrected chi connectivity index (χ1v) is 6.11. The second-order valence-electron chi connectivity index (χ2n) is 4.46. The highest BCUT2D eigenvalue weighted by molar-refractivity contribution is 5.02. The van der Waals surface area contributed by atoms with Crippen LogP contribution in [-0.2, 0) is 9.47 Å². The Hall–Kier alpha value is -1.40. The molecule has 1 fully saturated rings. The van der Waals surface area contributed by atoms with Gasteiger partial charge in [0.15, 0.2) is 12.4 Å². The standard InChI is InChI=1S/C12H17NO5/c1-9-4-2-6-12(17-9)18-11(8-13(14)15)10-5-3-7-16-10/h3,5,7,9,11-12H,2,4,6,8H2,1H3/t9-,11-,12+/m0/s1. The van der Waals surface area contributed by atoms with E-state index >= 15 is 0 Å². The SMILES string of the molecule is C[C@H]1CCC[C@@H](O[C@@H](C[N+](=O)[O-])c2ccco2)O1. The summed E-state index contributed by atoms with van der Waals surface area (Å²) in [5, 5.41) is 10.7. The molecule has 0 spiro atoms. The van der Waals surface area contributed by atoms with Crippen LogP contribution in [0.5, 0.6) is 0 Å². The molecule has 18 heavy (non-hydrogen) atoms. The molecule has 1 saturated heterocycles. The van der Waals surface area contributed by atoms with E-state index in [9.17, 15) is 10.1 Å². The third-order valence-corrected chi connectivity index (χ3v) is 2.93. The molecule has 1 aliphatic rings. The van der Waals surface area contributed by atoms with Crippen LogP contribution >= 0.6 is 0 Å². The highest BCUT2D eigenvalue weighted by Crippen LogP contribution is 2.26. The summed E-state index contributed by atoms with van der Waals surface area (Å²) in [4.78, 5) is 10.3. The second kappa shape index (κ2) is 5.97. The van der Waals surface area contributed by atoms with Crippen molar-refractivity contribution in [1.29, 1.82) is 0 Å². The summed E-state index contributed by atoms with van der Waals surface area (Å²) in [6.45, 7) is 1.66. The third kappa shape index (κ3) is 3.54. The Balaban J connectivity index is 1.98. The maximum absolute atomic E-state index is 10.7. The van der Waals surface area contributed by atoms with Crippen LogP contribution in [0.15, 0.2) is 22.8 Å². The normalized spacial score (nSPS) is 25.8. The van der Waals surface area contributed by atoms with Gasteiger partial charge in [-0.1, -0.05) is 0 Å². The zero-order valence-corrected chi connectivity index (χ0v) is 10.3. The molecule has 0 unspecified atom stereocenters. The molecule has 0 radical (unpaired) electrons. The summed E-state index contributed by atoms with van der Waals surface area (Å²) in [5.74, 6) is 0.466. The largest absolute Gasteiger partial charge is 0.466 e. The van der Waals surface area contributed by atoms with E-state index in [1.165, 1.54) is 6.26 Å². The maximum Gasteiger partial charge on any atom is 0.237 e. The first kappa shape index (κ1) is 13.0. The fourth-order valence-corrected chi connectivity index (χ4v) is 2.06. The van der Waals surface area contributed by atoms with E-state index in [1.54, 1.807) is 12.1 Å². The van der Waals surface area contributed by atoms with Crippen LogP contribution in [0.2, 0.25) is 0 Å². The topological polar surface area (TPSA) is 74.7 Å². The molecule has 1 aliphatic heterocycles. The van der Waals surface area contributed by atoms with E-state index in [0.29, 0.717) is 5.76 Å². The van der Waals surface area contributed by atoms with Crippen molar-refractivity contribution >= 4 is 0 Å². The van der Waals surface area contributed by atoms with Crippen LogP contribution in [0.3, 0.4) is 0 Å². The van der Waals surface area contributed by atoms with Crippen LogP contribution in [0.4, 0.5) is 0 Å². The predicted octanol–water partition coefficient (Wildman–Crippen LogP) is 2.53. The zero-order chi connectivity index (χ0) is 13.0. The van der Waals surface area contributed by atoms with Gasteiger partial charge in [0.05, 0.1) is 12.4 Å². The van der Waals surface area contributed by atoms with Gasteiger partial charge in [0.25, 0.3) is 0 Å². The van der Waals surface area contributed by atoms with Gasteiger partial charge < -0.3 is 13.9 Å². The Morgan fingerprint density at radius 3 is 3.06 bits per heavy atom.